The molecule has 1 aromatic carbocycles. The standard InChI is InChI=1S/C20H29NO7/c1-3-18-4-6-19(7-5-18)21-20(22)28-17-16-27-15-14-26-13-12-25-11-10-24-9-8-23-2/h1,4-7H,8-17H2,2H3,(H,21,22). The highest BCUT2D eigenvalue weighted by Crippen LogP contribution is 2.08. The van der Waals surface area contributed by atoms with Gasteiger partial charge >= 0.3 is 6.09 Å². The monoisotopic (exact) mass is 395 g/mol. The fourth-order valence-electron chi connectivity index (χ4n) is 1.90. The largest absolute Gasteiger partial charge is 0.447 e. The molecule has 0 saturated heterocycles. The van der Waals surface area contributed by atoms with Gasteiger partial charge in [0, 0.05) is 18.4 Å². The average molecular weight is 395 g/mol. The quantitative estimate of drug-likeness (QED) is 0.338. The zero-order chi connectivity index (χ0) is 20.3. The zero-order valence-corrected chi connectivity index (χ0v) is 16.3. The first kappa shape index (κ1) is 23.9. The number of terminal acetylenes is 1. The minimum atomic E-state index is -0.545. The van der Waals surface area contributed by atoms with E-state index in [9.17, 15) is 4.79 Å². The van der Waals surface area contributed by atoms with Crippen LogP contribution in [0, 0.1) is 12.3 Å². The molecule has 0 saturated carbocycles. The van der Waals surface area contributed by atoms with E-state index in [1.165, 1.54) is 0 Å². The van der Waals surface area contributed by atoms with E-state index in [4.69, 9.17) is 34.8 Å². The molecule has 1 amide bonds. The maximum atomic E-state index is 11.6. The van der Waals surface area contributed by atoms with Gasteiger partial charge in [-0.25, -0.2) is 4.79 Å². The van der Waals surface area contributed by atoms with Crippen LogP contribution in [0.5, 0.6) is 0 Å². The molecule has 0 spiro atoms. The van der Waals surface area contributed by atoms with Crippen molar-refractivity contribution in [3.8, 4) is 12.3 Å². The van der Waals surface area contributed by atoms with Crippen molar-refractivity contribution in [2.45, 2.75) is 0 Å². The molecule has 28 heavy (non-hydrogen) atoms. The first-order valence-electron chi connectivity index (χ1n) is 9.06. The molecule has 1 N–H and O–H groups in total. The topological polar surface area (TPSA) is 84.5 Å². The molecule has 0 aromatic heterocycles. The molecule has 1 rings (SSSR count). The van der Waals surface area contributed by atoms with E-state index in [-0.39, 0.29) is 6.61 Å². The van der Waals surface area contributed by atoms with Gasteiger partial charge in [0.2, 0.25) is 0 Å². The number of carbonyl (C=O) groups is 1. The molecule has 156 valence electrons. The predicted molar refractivity (Wildman–Crippen MR) is 104 cm³/mol. The molecule has 0 bridgehead atoms. The van der Waals surface area contributed by atoms with Crippen LogP contribution in [0.25, 0.3) is 0 Å². The normalized spacial score (nSPS) is 10.4. The number of benzene rings is 1. The third kappa shape index (κ3) is 13.1. The lowest BCUT2D eigenvalue weighted by Gasteiger charge is -2.08. The second kappa shape index (κ2) is 17.0. The third-order valence-electron chi connectivity index (χ3n) is 3.31. The maximum Gasteiger partial charge on any atom is 0.411 e. The van der Waals surface area contributed by atoms with E-state index in [0.29, 0.717) is 65.1 Å². The third-order valence-corrected chi connectivity index (χ3v) is 3.31. The van der Waals surface area contributed by atoms with Gasteiger partial charge in [-0.3, -0.25) is 5.32 Å². The van der Waals surface area contributed by atoms with E-state index < -0.39 is 6.09 Å². The van der Waals surface area contributed by atoms with Crippen molar-refractivity contribution >= 4 is 11.8 Å². The molecule has 0 radical (unpaired) electrons. The minimum absolute atomic E-state index is 0.153. The zero-order valence-electron chi connectivity index (χ0n) is 16.3. The highest BCUT2D eigenvalue weighted by molar-refractivity contribution is 5.84. The summed E-state index contributed by atoms with van der Waals surface area (Å²) in [7, 11) is 1.63. The first-order valence-corrected chi connectivity index (χ1v) is 9.06. The van der Waals surface area contributed by atoms with Crippen LogP contribution in [0.4, 0.5) is 10.5 Å². The Hall–Kier alpha value is -2.15. The van der Waals surface area contributed by atoms with Gasteiger partial charge in [-0.15, -0.1) is 6.42 Å². The van der Waals surface area contributed by atoms with Crippen molar-refractivity contribution in [1.29, 1.82) is 0 Å². The van der Waals surface area contributed by atoms with Crippen molar-refractivity contribution in [2.24, 2.45) is 0 Å². The number of nitrogens with one attached hydrogen (secondary N) is 1. The van der Waals surface area contributed by atoms with Crippen molar-refractivity contribution in [3.63, 3.8) is 0 Å². The van der Waals surface area contributed by atoms with Crippen molar-refractivity contribution < 1.29 is 33.2 Å². The molecule has 0 aliphatic carbocycles. The first-order chi connectivity index (χ1) is 13.8. The minimum Gasteiger partial charge on any atom is -0.447 e. The molecule has 0 aliphatic heterocycles. The average Bonchev–Trinajstić information content (AvgIpc) is 2.71. The lowest BCUT2D eigenvalue weighted by molar-refractivity contribution is -0.0109. The summed E-state index contributed by atoms with van der Waals surface area (Å²) in [5.41, 5.74) is 1.36. The number of rotatable bonds is 16. The van der Waals surface area contributed by atoms with Crippen molar-refractivity contribution in [3.05, 3.63) is 29.8 Å². The van der Waals surface area contributed by atoms with Crippen LogP contribution in [0.1, 0.15) is 5.56 Å². The Kier molecular flexibility index (Phi) is 14.5. The van der Waals surface area contributed by atoms with Gasteiger partial charge in [0.25, 0.3) is 0 Å². The Balaban J connectivity index is 1.84. The van der Waals surface area contributed by atoms with Crippen LogP contribution >= 0.6 is 0 Å². The number of hydrogen-bond acceptors (Lipinski definition) is 7. The summed E-state index contributed by atoms with van der Waals surface area (Å²) < 4.78 is 31.2. The van der Waals surface area contributed by atoms with Gasteiger partial charge in [0.05, 0.1) is 59.5 Å². The number of hydrogen-bond donors (Lipinski definition) is 1. The van der Waals surface area contributed by atoms with Gasteiger partial charge < -0.3 is 28.4 Å². The summed E-state index contributed by atoms with van der Waals surface area (Å²) in [6.07, 6.45) is 4.73. The van der Waals surface area contributed by atoms with E-state index in [1.807, 2.05) is 0 Å². The van der Waals surface area contributed by atoms with E-state index >= 15 is 0 Å². The fourth-order valence-corrected chi connectivity index (χ4v) is 1.90. The molecule has 0 fully saturated rings. The number of carbonyl (C=O) groups excluding carboxylic acids is 1. The number of amides is 1. The lowest BCUT2D eigenvalue weighted by Crippen LogP contribution is -2.18. The van der Waals surface area contributed by atoms with Crippen molar-refractivity contribution in [1.82, 2.24) is 0 Å². The van der Waals surface area contributed by atoms with E-state index in [2.05, 4.69) is 11.2 Å². The summed E-state index contributed by atoms with van der Waals surface area (Å²) in [6.45, 7) is 4.51. The summed E-state index contributed by atoms with van der Waals surface area (Å²) in [4.78, 5) is 11.6. The second-order valence-electron chi connectivity index (χ2n) is 5.42. The summed E-state index contributed by atoms with van der Waals surface area (Å²) in [5, 5.41) is 2.60. The molecular formula is C20H29NO7. The molecule has 0 unspecified atom stereocenters. The summed E-state index contributed by atoms with van der Waals surface area (Å²) >= 11 is 0. The predicted octanol–water partition coefficient (Wildman–Crippen LogP) is 1.93. The highest BCUT2D eigenvalue weighted by Gasteiger charge is 2.02. The van der Waals surface area contributed by atoms with Gasteiger partial charge in [0.15, 0.2) is 0 Å². The van der Waals surface area contributed by atoms with Gasteiger partial charge in [-0.1, -0.05) is 5.92 Å². The molecular weight excluding hydrogens is 366 g/mol. The molecule has 0 aliphatic rings. The van der Waals surface area contributed by atoms with E-state index in [0.717, 1.165) is 5.56 Å². The van der Waals surface area contributed by atoms with Gasteiger partial charge in [0.1, 0.15) is 6.61 Å². The molecule has 0 heterocycles. The summed E-state index contributed by atoms with van der Waals surface area (Å²) in [5.74, 6) is 2.50. The van der Waals surface area contributed by atoms with Crippen LogP contribution in [0.2, 0.25) is 0 Å². The number of anilines is 1. The van der Waals surface area contributed by atoms with Crippen LogP contribution in [-0.4, -0.2) is 79.3 Å². The van der Waals surface area contributed by atoms with Crippen LogP contribution in [0.15, 0.2) is 24.3 Å². The summed E-state index contributed by atoms with van der Waals surface area (Å²) in [6, 6.07) is 6.89. The van der Waals surface area contributed by atoms with Crippen LogP contribution < -0.4 is 5.32 Å². The number of methoxy groups -OCH3 is 1. The lowest BCUT2D eigenvalue weighted by atomic mass is 10.2. The Morgan fingerprint density at radius 3 is 1.75 bits per heavy atom. The number of ether oxygens (including phenoxy) is 6. The smallest absolute Gasteiger partial charge is 0.411 e. The molecule has 8 nitrogen and oxygen atoms in total. The Morgan fingerprint density at radius 2 is 1.29 bits per heavy atom. The van der Waals surface area contributed by atoms with Crippen molar-refractivity contribution in [2.75, 3.05) is 78.5 Å². The SMILES string of the molecule is C#Cc1ccc(NC(=O)OCCOCCOCCOCCOCCOC)cc1. The fraction of sp³-hybridized carbons (Fsp3) is 0.550. The van der Waals surface area contributed by atoms with Crippen LogP contribution in [-0.2, 0) is 28.4 Å². The Bertz CT molecular complexity index is 557. The molecule has 0 atom stereocenters. The van der Waals surface area contributed by atoms with Gasteiger partial charge in [-0.2, -0.15) is 0 Å². The molecule has 1 aromatic rings. The van der Waals surface area contributed by atoms with Crippen LogP contribution in [0.3, 0.4) is 0 Å². The molecule has 8 heteroatoms. The maximum absolute atomic E-state index is 11.6. The van der Waals surface area contributed by atoms with Gasteiger partial charge in [-0.05, 0) is 24.3 Å². The Morgan fingerprint density at radius 1 is 0.821 bits per heavy atom. The Labute approximate surface area is 166 Å². The highest BCUT2D eigenvalue weighted by atomic mass is 16.6. The van der Waals surface area contributed by atoms with E-state index in [1.54, 1.807) is 31.4 Å². The second-order valence-corrected chi connectivity index (χ2v) is 5.42.